The maximum atomic E-state index is 12.5. The first-order valence-electron chi connectivity index (χ1n) is 5.24. The molecule has 1 aromatic heterocycles. The molecule has 0 aliphatic carbocycles. The molecule has 0 saturated carbocycles. The number of carbonyl (C=O) groups excluding carboxylic acids is 1. The third-order valence-corrected chi connectivity index (χ3v) is 2.75. The Labute approximate surface area is 108 Å². The number of methoxy groups -OCH3 is 1. The number of ether oxygens (including phenoxy) is 1. The maximum Gasteiger partial charge on any atom is 0.283 e. The third kappa shape index (κ3) is 3.64. The zero-order valence-electron chi connectivity index (χ0n) is 10.0. The normalized spacial score (nSPS) is 11.0. The van der Waals surface area contributed by atoms with Crippen LogP contribution in [-0.4, -0.2) is 35.9 Å². The molecule has 1 aromatic rings. The molecule has 18 heavy (non-hydrogen) atoms. The number of amides is 1. The molecule has 102 valence electrons. The van der Waals surface area contributed by atoms with Crippen LogP contribution in [0.1, 0.15) is 17.8 Å². The Bertz CT molecular complexity index is 424. The molecule has 8 heteroatoms. The van der Waals surface area contributed by atoms with Gasteiger partial charge in [-0.25, -0.2) is 8.78 Å². The molecular formula is C10H14ClF2N3O2. The van der Waals surface area contributed by atoms with Crippen molar-refractivity contribution in [2.45, 2.75) is 19.9 Å². The van der Waals surface area contributed by atoms with Gasteiger partial charge in [0.1, 0.15) is 12.2 Å². The minimum Gasteiger partial charge on any atom is -0.383 e. The number of carbonyl (C=O) groups is 1. The first kappa shape index (κ1) is 14.8. The largest absolute Gasteiger partial charge is 0.383 e. The summed E-state index contributed by atoms with van der Waals surface area (Å²) >= 11 is 5.70. The molecule has 0 spiro atoms. The Balaban J connectivity index is 2.67. The van der Waals surface area contributed by atoms with Gasteiger partial charge in [-0.3, -0.25) is 9.48 Å². The standard InChI is InChI=1S/C10H14ClF2N3O2/c1-6-8(11)9(10(12)13)15-16(6)5-7(17)14-3-4-18-2/h10H,3-5H2,1-2H3,(H,14,17). The van der Waals surface area contributed by atoms with Crippen LogP contribution in [0.3, 0.4) is 0 Å². The van der Waals surface area contributed by atoms with Crippen LogP contribution in [0.2, 0.25) is 5.02 Å². The van der Waals surface area contributed by atoms with Crippen LogP contribution in [0.25, 0.3) is 0 Å². The van der Waals surface area contributed by atoms with E-state index in [1.807, 2.05) is 0 Å². The van der Waals surface area contributed by atoms with Crippen molar-refractivity contribution in [2.24, 2.45) is 0 Å². The molecule has 5 nitrogen and oxygen atoms in total. The molecule has 0 aliphatic heterocycles. The summed E-state index contributed by atoms with van der Waals surface area (Å²) in [6.45, 7) is 2.11. The van der Waals surface area contributed by atoms with Gasteiger partial charge in [-0.1, -0.05) is 11.6 Å². The molecule has 1 heterocycles. The Kier molecular flexibility index (Phi) is 5.49. The van der Waals surface area contributed by atoms with Gasteiger partial charge in [0, 0.05) is 13.7 Å². The summed E-state index contributed by atoms with van der Waals surface area (Å²) < 4.78 is 31.0. The van der Waals surface area contributed by atoms with Gasteiger partial charge in [-0.2, -0.15) is 5.10 Å². The maximum absolute atomic E-state index is 12.5. The lowest BCUT2D eigenvalue weighted by Crippen LogP contribution is -2.31. The van der Waals surface area contributed by atoms with Gasteiger partial charge in [0.15, 0.2) is 0 Å². The minimum atomic E-state index is -2.76. The van der Waals surface area contributed by atoms with Crippen molar-refractivity contribution in [1.29, 1.82) is 0 Å². The molecule has 0 aliphatic rings. The van der Waals surface area contributed by atoms with Gasteiger partial charge in [-0.15, -0.1) is 0 Å². The molecule has 1 N–H and O–H groups in total. The lowest BCUT2D eigenvalue weighted by Gasteiger charge is -2.05. The van der Waals surface area contributed by atoms with E-state index in [-0.39, 0.29) is 17.5 Å². The van der Waals surface area contributed by atoms with E-state index >= 15 is 0 Å². The van der Waals surface area contributed by atoms with E-state index in [4.69, 9.17) is 16.3 Å². The second kappa shape index (κ2) is 6.65. The summed E-state index contributed by atoms with van der Waals surface area (Å²) in [4.78, 5) is 11.5. The van der Waals surface area contributed by atoms with Gasteiger partial charge in [0.2, 0.25) is 5.91 Å². The SMILES string of the molecule is COCCNC(=O)Cn1nc(C(F)F)c(Cl)c1C. The quantitative estimate of drug-likeness (QED) is 0.805. The molecular weight excluding hydrogens is 268 g/mol. The van der Waals surface area contributed by atoms with Crippen molar-refractivity contribution in [1.82, 2.24) is 15.1 Å². The average Bonchev–Trinajstić information content (AvgIpc) is 2.58. The molecule has 1 amide bonds. The van der Waals surface area contributed by atoms with Gasteiger partial charge in [0.05, 0.1) is 17.3 Å². The van der Waals surface area contributed by atoms with Crippen LogP contribution >= 0.6 is 11.6 Å². The summed E-state index contributed by atoms with van der Waals surface area (Å²) in [5.41, 5.74) is -0.160. The molecule has 1 rings (SSSR count). The van der Waals surface area contributed by atoms with Crippen LogP contribution in [-0.2, 0) is 16.1 Å². The van der Waals surface area contributed by atoms with Crippen LogP contribution < -0.4 is 5.32 Å². The van der Waals surface area contributed by atoms with Crippen molar-refractivity contribution in [2.75, 3.05) is 20.3 Å². The highest BCUT2D eigenvalue weighted by molar-refractivity contribution is 6.31. The third-order valence-electron chi connectivity index (χ3n) is 2.29. The number of hydrogen-bond donors (Lipinski definition) is 1. The van der Waals surface area contributed by atoms with E-state index in [2.05, 4.69) is 10.4 Å². The van der Waals surface area contributed by atoms with Gasteiger partial charge in [-0.05, 0) is 6.92 Å². The Morgan fingerprint density at radius 1 is 1.61 bits per heavy atom. The smallest absolute Gasteiger partial charge is 0.283 e. The highest BCUT2D eigenvalue weighted by Gasteiger charge is 2.21. The predicted molar refractivity (Wildman–Crippen MR) is 61.8 cm³/mol. The van der Waals surface area contributed by atoms with E-state index in [1.165, 1.54) is 14.0 Å². The fourth-order valence-corrected chi connectivity index (χ4v) is 1.54. The Morgan fingerprint density at radius 2 is 2.28 bits per heavy atom. The van der Waals surface area contributed by atoms with Crippen molar-refractivity contribution in [3.8, 4) is 0 Å². The fourth-order valence-electron chi connectivity index (χ4n) is 1.33. The lowest BCUT2D eigenvalue weighted by atomic mass is 10.4. The van der Waals surface area contributed by atoms with E-state index in [0.29, 0.717) is 18.8 Å². The van der Waals surface area contributed by atoms with E-state index in [9.17, 15) is 13.6 Å². The van der Waals surface area contributed by atoms with Crippen molar-refractivity contribution < 1.29 is 18.3 Å². The molecule has 0 fully saturated rings. The van der Waals surface area contributed by atoms with Crippen LogP contribution in [0, 0.1) is 6.92 Å². The van der Waals surface area contributed by atoms with Crippen molar-refractivity contribution >= 4 is 17.5 Å². The second-order valence-corrected chi connectivity index (χ2v) is 3.96. The first-order valence-corrected chi connectivity index (χ1v) is 5.61. The highest BCUT2D eigenvalue weighted by Crippen LogP contribution is 2.28. The summed E-state index contributed by atoms with van der Waals surface area (Å²) in [5, 5.41) is 6.08. The Morgan fingerprint density at radius 3 is 2.78 bits per heavy atom. The average molecular weight is 282 g/mol. The number of hydrogen-bond acceptors (Lipinski definition) is 3. The van der Waals surface area contributed by atoms with Crippen LogP contribution in [0.15, 0.2) is 0 Å². The summed E-state index contributed by atoms with van der Waals surface area (Å²) in [5.74, 6) is -0.338. The molecule has 0 radical (unpaired) electrons. The van der Waals surface area contributed by atoms with E-state index < -0.39 is 12.1 Å². The number of nitrogens with zero attached hydrogens (tertiary/aromatic N) is 2. The summed E-state index contributed by atoms with van der Waals surface area (Å²) in [7, 11) is 1.51. The molecule has 0 saturated heterocycles. The number of rotatable bonds is 6. The van der Waals surface area contributed by atoms with Crippen LogP contribution in [0.4, 0.5) is 8.78 Å². The molecule has 0 aromatic carbocycles. The molecule has 0 unspecified atom stereocenters. The summed E-state index contributed by atoms with van der Waals surface area (Å²) in [6, 6.07) is 0. The first-order chi connectivity index (χ1) is 8.47. The van der Waals surface area contributed by atoms with E-state index in [0.717, 1.165) is 4.68 Å². The van der Waals surface area contributed by atoms with Gasteiger partial charge < -0.3 is 10.1 Å². The lowest BCUT2D eigenvalue weighted by molar-refractivity contribution is -0.122. The van der Waals surface area contributed by atoms with Crippen molar-refractivity contribution in [3.63, 3.8) is 0 Å². The predicted octanol–water partition coefficient (Wildman–Crippen LogP) is 1.55. The van der Waals surface area contributed by atoms with Crippen LogP contribution in [0.5, 0.6) is 0 Å². The number of aromatic nitrogens is 2. The highest BCUT2D eigenvalue weighted by atomic mass is 35.5. The molecule has 0 atom stereocenters. The second-order valence-electron chi connectivity index (χ2n) is 3.59. The fraction of sp³-hybridized carbons (Fsp3) is 0.600. The minimum absolute atomic E-state index is 0.102. The van der Waals surface area contributed by atoms with Crippen molar-refractivity contribution in [3.05, 3.63) is 16.4 Å². The van der Waals surface area contributed by atoms with E-state index in [1.54, 1.807) is 0 Å². The zero-order valence-corrected chi connectivity index (χ0v) is 10.8. The van der Waals surface area contributed by atoms with Gasteiger partial charge in [0.25, 0.3) is 6.43 Å². The number of nitrogens with one attached hydrogen (secondary N) is 1. The number of halogens is 3. The number of alkyl halides is 2. The Hall–Kier alpha value is -1.21. The topological polar surface area (TPSA) is 56.1 Å². The molecule has 0 bridgehead atoms. The summed E-state index contributed by atoms with van der Waals surface area (Å²) in [6.07, 6.45) is -2.76. The monoisotopic (exact) mass is 281 g/mol. The van der Waals surface area contributed by atoms with Gasteiger partial charge >= 0.3 is 0 Å². The zero-order chi connectivity index (χ0) is 13.7.